The van der Waals surface area contributed by atoms with Gasteiger partial charge in [0, 0.05) is 0 Å². The second-order valence-electron chi connectivity index (χ2n) is 2.22. The van der Waals surface area contributed by atoms with Crippen molar-refractivity contribution in [2.24, 2.45) is 5.73 Å². The summed E-state index contributed by atoms with van der Waals surface area (Å²) < 4.78 is 0. The molecule has 0 atom stereocenters. The van der Waals surface area contributed by atoms with Gasteiger partial charge in [-0.3, -0.25) is 4.79 Å². The summed E-state index contributed by atoms with van der Waals surface area (Å²) in [6.45, 7) is 3.35. The summed E-state index contributed by atoms with van der Waals surface area (Å²) >= 11 is 0. The molecule has 0 unspecified atom stereocenters. The molecule has 0 bridgehead atoms. The summed E-state index contributed by atoms with van der Waals surface area (Å²) in [4.78, 5) is 10.3. The van der Waals surface area contributed by atoms with E-state index in [0.29, 0.717) is 0 Å². The van der Waals surface area contributed by atoms with Crippen LogP contribution in [0.3, 0.4) is 0 Å². The van der Waals surface area contributed by atoms with Crippen molar-refractivity contribution in [1.82, 2.24) is 0 Å². The first-order valence-corrected chi connectivity index (χ1v) is 5.37. The molecule has 0 rings (SSSR count). The van der Waals surface area contributed by atoms with E-state index in [1.165, 1.54) is 0 Å². The third kappa shape index (κ3) is 1.67. The smallest absolute Gasteiger partial charge is 0.284 e. The van der Waals surface area contributed by atoms with Gasteiger partial charge >= 0.3 is 0 Å². The van der Waals surface area contributed by atoms with Crippen molar-refractivity contribution in [3.8, 4) is 0 Å². The molecular weight excluding hydrogens is 121 g/mol. The van der Waals surface area contributed by atoms with E-state index in [1.807, 2.05) is 0 Å². The normalized spacial score (nSPS) is 10.9. The molecule has 0 aliphatic heterocycles. The Labute approximate surface area is 50.1 Å². The molecule has 45 valence electrons. The molecule has 1 amide bonds. The zero-order valence-corrected chi connectivity index (χ0v) is 6.01. The molecule has 0 aromatic heterocycles. The molecule has 3 N–H and O–H groups in total. The van der Waals surface area contributed by atoms with Gasteiger partial charge in [-0.1, -0.05) is 13.1 Å². The van der Waals surface area contributed by atoms with Crippen LogP contribution in [-0.2, 0) is 0 Å². The van der Waals surface area contributed by atoms with Crippen LogP contribution in [0.2, 0.25) is 13.1 Å². The minimum atomic E-state index is -2.19. The fraction of sp³-hybridized carbons (Fsp3) is 0.667. The molecule has 0 heterocycles. The fourth-order valence-corrected chi connectivity index (χ4v) is 0.191. The van der Waals surface area contributed by atoms with Crippen LogP contribution in [0.25, 0.3) is 0 Å². The van der Waals surface area contributed by atoms with E-state index < -0.39 is 7.94 Å². The van der Waals surface area contributed by atoms with Crippen LogP contribution in [0.1, 0.15) is 0 Å². The first-order chi connectivity index (χ1) is 3.50. The monoisotopic (exact) mass is 130 g/mol. The summed E-state index contributed by atoms with van der Waals surface area (Å²) in [5.74, 6) is 0. The van der Waals surface area contributed by atoms with Crippen LogP contribution >= 0.6 is 0 Å². The first-order valence-electron chi connectivity index (χ1n) is 2.29. The maximum Gasteiger partial charge on any atom is 0.284 e. The minimum Gasteiger partial charge on any atom is -0.457 e. The lowest BCUT2D eigenvalue weighted by Crippen LogP contribution is -2.48. The van der Waals surface area contributed by atoms with Crippen molar-refractivity contribution in [3.63, 3.8) is 0 Å². The number of amides is 1. The first kappa shape index (κ1) is 7.71. The lowest BCUT2D eigenvalue weighted by atomic mass is 10.6. The molecule has 0 saturated carbocycles. The van der Waals surface area contributed by atoms with E-state index in [9.17, 15) is 4.79 Å². The minimum absolute atomic E-state index is 0.389. The molecule has 0 aliphatic carbocycles. The van der Waals surface area contributed by atoms with Gasteiger partial charge in [0.2, 0.25) is 0 Å². The van der Waals surface area contributed by atoms with Crippen LogP contribution in [0, 0.1) is 0 Å². The Kier molecular flexibility index (Phi) is 2.24. The van der Waals surface area contributed by atoms with Crippen molar-refractivity contribution in [2.75, 3.05) is 0 Å². The largest absolute Gasteiger partial charge is 0.457 e. The van der Waals surface area contributed by atoms with Crippen molar-refractivity contribution in [1.29, 1.82) is 0 Å². The van der Waals surface area contributed by atoms with E-state index in [-0.39, 0.29) is 5.53 Å². The highest BCUT2D eigenvalue weighted by Crippen LogP contribution is 1.95. The number of hydrogen-bond acceptors (Lipinski definition) is 2. The molecule has 5 heteroatoms. The predicted molar refractivity (Wildman–Crippen MR) is 35.0 cm³/mol. The zero-order valence-electron chi connectivity index (χ0n) is 5.01. The van der Waals surface area contributed by atoms with Crippen LogP contribution in [0.5, 0.6) is 0 Å². The molecule has 1 radical (unpaired) electrons. The van der Waals surface area contributed by atoms with Crippen molar-refractivity contribution < 1.29 is 9.82 Å². The summed E-state index contributed by atoms with van der Waals surface area (Å²) in [7, 11) is -1.26. The van der Waals surface area contributed by atoms with Crippen LogP contribution in [0.15, 0.2) is 0 Å². The fourth-order valence-electron chi connectivity index (χ4n) is 0.0636. The molecular formula is C3H9BNO2Si. The average molecular weight is 130 g/mol. The maximum atomic E-state index is 10.3. The van der Waals surface area contributed by atoms with Crippen molar-refractivity contribution in [3.05, 3.63) is 0 Å². The van der Waals surface area contributed by atoms with Crippen LogP contribution in [0.4, 0.5) is 4.79 Å². The Morgan fingerprint density at radius 3 is 2.12 bits per heavy atom. The van der Waals surface area contributed by atoms with Crippen molar-refractivity contribution in [2.45, 2.75) is 13.1 Å². The van der Waals surface area contributed by atoms with E-state index in [1.54, 1.807) is 13.1 Å². The van der Waals surface area contributed by atoms with Gasteiger partial charge in [-0.25, -0.2) is 0 Å². The van der Waals surface area contributed by atoms with E-state index in [0.717, 1.165) is 7.07 Å². The number of nitrogens with two attached hydrogens (primary N) is 1. The summed E-state index contributed by atoms with van der Waals surface area (Å²) in [5, 5.41) is 8.40. The zero-order chi connectivity index (χ0) is 6.78. The predicted octanol–water partition coefficient (Wildman–Crippen LogP) is -0.537. The number of carbonyl (C=O) groups is 1. The second-order valence-corrected chi connectivity index (χ2v) is 6.41. The van der Waals surface area contributed by atoms with Crippen molar-refractivity contribution >= 4 is 20.5 Å². The van der Waals surface area contributed by atoms with Gasteiger partial charge in [0.05, 0.1) is 0 Å². The highest BCUT2D eigenvalue weighted by atomic mass is 28.3. The quantitative estimate of drug-likeness (QED) is 0.493. The molecule has 0 spiro atoms. The average Bonchev–Trinajstić information content (AvgIpc) is 1.67. The van der Waals surface area contributed by atoms with Gasteiger partial charge in [0.15, 0.2) is 13.5 Å². The Morgan fingerprint density at radius 2 is 2.12 bits per heavy atom. The Balaban J connectivity index is 3.91. The third-order valence-corrected chi connectivity index (χ3v) is 2.87. The molecule has 0 saturated heterocycles. The second kappa shape index (κ2) is 2.32. The topological polar surface area (TPSA) is 63.3 Å². The molecule has 3 nitrogen and oxygen atoms in total. The van der Waals surface area contributed by atoms with Gasteiger partial charge in [-0.05, 0) is 0 Å². The highest BCUT2D eigenvalue weighted by Gasteiger charge is 2.28. The SMILES string of the molecule is C[Si](C)([B]O)C(N)=O. The Morgan fingerprint density at radius 1 is 1.75 bits per heavy atom. The lowest BCUT2D eigenvalue weighted by Gasteiger charge is -2.10. The standard InChI is InChI=1S/C3H9BNO2Si/c1-8(2,4-7)3(5)6/h7H,1-2H3,(H2,5,6). The van der Waals surface area contributed by atoms with Gasteiger partial charge < -0.3 is 10.8 Å². The third-order valence-electron chi connectivity index (χ3n) is 0.958. The number of carbonyl (C=O) groups excluding carboxylic acids is 1. The molecule has 8 heavy (non-hydrogen) atoms. The van der Waals surface area contributed by atoms with Crippen LogP contribution < -0.4 is 5.73 Å². The van der Waals surface area contributed by atoms with Gasteiger partial charge in [-0.15, -0.1) is 0 Å². The molecule has 0 aromatic rings. The van der Waals surface area contributed by atoms with Crippen LogP contribution in [-0.4, -0.2) is 25.6 Å². The van der Waals surface area contributed by atoms with E-state index in [4.69, 9.17) is 10.8 Å². The Hall–Kier alpha value is -0.288. The lowest BCUT2D eigenvalue weighted by molar-refractivity contribution is 0.265. The number of primary amides is 1. The highest BCUT2D eigenvalue weighted by molar-refractivity contribution is 7.36. The summed E-state index contributed by atoms with van der Waals surface area (Å²) in [6.07, 6.45) is 0. The van der Waals surface area contributed by atoms with E-state index in [2.05, 4.69) is 0 Å². The van der Waals surface area contributed by atoms with Gasteiger partial charge in [0.1, 0.15) is 0 Å². The Bertz CT molecular complexity index is 105. The number of hydrogen-bond donors (Lipinski definition) is 2. The molecule has 0 aromatic carbocycles. The summed E-state index contributed by atoms with van der Waals surface area (Å²) in [5.41, 5.74) is 4.52. The molecule has 0 aliphatic rings. The van der Waals surface area contributed by atoms with E-state index >= 15 is 0 Å². The number of rotatable bonds is 2. The van der Waals surface area contributed by atoms with Gasteiger partial charge in [0.25, 0.3) is 7.07 Å². The molecule has 0 fully saturated rings. The summed E-state index contributed by atoms with van der Waals surface area (Å²) in [6, 6.07) is 0. The maximum absolute atomic E-state index is 10.3. The van der Waals surface area contributed by atoms with Gasteiger partial charge in [-0.2, -0.15) is 0 Å².